The third-order valence-electron chi connectivity index (χ3n) is 4.38. The van der Waals surface area contributed by atoms with E-state index in [2.05, 4.69) is 15.4 Å². The maximum atomic E-state index is 6.20. The third kappa shape index (κ3) is 4.25. The quantitative estimate of drug-likeness (QED) is 0.335. The zero-order valence-electron chi connectivity index (χ0n) is 16.6. The summed E-state index contributed by atoms with van der Waals surface area (Å²) in [5, 5.41) is 13.1. The number of nitrogen functional groups attached to an aromatic ring is 1. The fourth-order valence-electron chi connectivity index (χ4n) is 2.85. The summed E-state index contributed by atoms with van der Waals surface area (Å²) in [6.45, 7) is 2.57. The summed E-state index contributed by atoms with van der Waals surface area (Å²) in [5.41, 5.74) is 2.58. The number of hydrogen-bond donors (Lipinski definition) is 1. The zero-order chi connectivity index (χ0) is 20.9. The molecule has 0 radical (unpaired) electrons. The second-order valence-electron chi connectivity index (χ2n) is 6.33. The van der Waals surface area contributed by atoms with E-state index in [1.807, 2.05) is 61.5 Å². The van der Waals surface area contributed by atoms with Crippen molar-refractivity contribution in [3.63, 3.8) is 0 Å². The molecule has 0 saturated carbocycles. The van der Waals surface area contributed by atoms with E-state index in [1.165, 1.54) is 16.4 Å². The van der Waals surface area contributed by atoms with Gasteiger partial charge < -0.3 is 19.8 Å². The van der Waals surface area contributed by atoms with E-state index in [0.717, 1.165) is 34.1 Å². The Morgan fingerprint density at radius 3 is 2.40 bits per heavy atom. The van der Waals surface area contributed by atoms with Crippen molar-refractivity contribution < 1.29 is 14.0 Å². The lowest BCUT2D eigenvalue weighted by Gasteiger charge is -2.05. The molecule has 2 aromatic carbocycles. The molecule has 2 N–H and O–H groups in total. The van der Waals surface area contributed by atoms with Crippen molar-refractivity contribution in [3.05, 3.63) is 60.4 Å². The number of benzene rings is 2. The SMILES string of the molecule is CCOc1ccc(-c2nnc(SCc3cc(-c4ccc(OC)cc4)no3)n2N)cc1. The molecule has 0 aliphatic carbocycles. The zero-order valence-corrected chi connectivity index (χ0v) is 17.4. The summed E-state index contributed by atoms with van der Waals surface area (Å²) in [4.78, 5) is 0. The number of thioether (sulfide) groups is 1. The number of hydrogen-bond acceptors (Lipinski definition) is 8. The highest BCUT2D eigenvalue weighted by molar-refractivity contribution is 7.98. The van der Waals surface area contributed by atoms with Crippen LogP contribution in [0.4, 0.5) is 0 Å². The molecule has 30 heavy (non-hydrogen) atoms. The summed E-state index contributed by atoms with van der Waals surface area (Å²) in [6.07, 6.45) is 0. The Morgan fingerprint density at radius 2 is 1.70 bits per heavy atom. The summed E-state index contributed by atoms with van der Waals surface area (Å²) < 4.78 is 17.6. The molecule has 154 valence electrons. The van der Waals surface area contributed by atoms with Gasteiger partial charge in [-0.2, -0.15) is 0 Å². The molecular weight excluding hydrogens is 402 g/mol. The molecule has 0 aliphatic rings. The van der Waals surface area contributed by atoms with Crippen molar-refractivity contribution in [1.29, 1.82) is 0 Å². The largest absolute Gasteiger partial charge is 0.497 e. The van der Waals surface area contributed by atoms with E-state index in [9.17, 15) is 0 Å². The minimum atomic E-state index is 0.530. The van der Waals surface area contributed by atoms with Crippen molar-refractivity contribution in [2.45, 2.75) is 17.8 Å². The third-order valence-corrected chi connectivity index (χ3v) is 5.34. The first-order chi connectivity index (χ1) is 14.7. The topological polar surface area (TPSA) is 101 Å². The van der Waals surface area contributed by atoms with Crippen LogP contribution in [0.2, 0.25) is 0 Å². The Bertz CT molecular complexity index is 1110. The fourth-order valence-corrected chi connectivity index (χ4v) is 3.59. The second kappa shape index (κ2) is 8.91. The maximum Gasteiger partial charge on any atom is 0.210 e. The minimum absolute atomic E-state index is 0.530. The standard InChI is InChI=1S/C21H21N5O3S/c1-3-28-17-10-6-15(7-11-17)20-23-24-21(26(20)22)30-13-18-12-19(25-29-18)14-4-8-16(27-2)9-5-14/h4-12H,3,13,22H2,1-2H3. The fraction of sp³-hybridized carbons (Fsp3) is 0.190. The van der Waals surface area contributed by atoms with Crippen LogP contribution in [-0.4, -0.2) is 33.7 Å². The van der Waals surface area contributed by atoms with Gasteiger partial charge in [0.2, 0.25) is 5.16 Å². The summed E-state index contributed by atoms with van der Waals surface area (Å²) in [7, 11) is 1.64. The average Bonchev–Trinajstić information content (AvgIpc) is 3.40. The molecule has 0 saturated heterocycles. The number of rotatable bonds is 8. The second-order valence-corrected chi connectivity index (χ2v) is 7.27. The van der Waals surface area contributed by atoms with Crippen LogP contribution >= 0.6 is 11.8 Å². The number of nitrogens with two attached hydrogens (primary N) is 1. The van der Waals surface area contributed by atoms with Gasteiger partial charge in [0.15, 0.2) is 5.82 Å². The molecule has 4 aromatic rings. The van der Waals surface area contributed by atoms with Crippen LogP contribution in [0.15, 0.2) is 64.3 Å². The van der Waals surface area contributed by atoms with Crippen LogP contribution in [0.25, 0.3) is 22.6 Å². The molecule has 0 spiro atoms. The molecule has 0 fully saturated rings. The van der Waals surface area contributed by atoms with E-state index in [1.54, 1.807) is 7.11 Å². The van der Waals surface area contributed by atoms with Gasteiger partial charge in [0.1, 0.15) is 23.0 Å². The van der Waals surface area contributed by atoms with Crippen LogP contribution in [0.3, 0.4) is 0 Å². The van der Waals surface area contributed by atoms with Gasteiger partial charge >= 0.3 is 0 Å². The molecule has 2 heterocycles. The molecule has 4 rings (SSSR count). The monoisotopic (exact) mass is 423 g/mol. The van der Waals surface area contributed by atoms with Crippen molar-refractivity contribution in [2.24, 2.45) is 0 Å². The van der Waals surface area contributed by atoms with Crippen molar-refractivity contribution in [1.82, 2.24) is 20.0 Å². The molecular formula is C21H21N5O3S. The van der Waals surface area contributed by atoms with Gasteiger partial charge in [-0.3, -0.25) is 0 Å². The van der Waals surface area contributed by atoms with Gasteiger partial charge in [0, 0.05) is 17.2 Å². The molecule has 0 unspecified atom stereocenters. The minimum Gasteiger partial charge on any atom is -0.497 e. The molecule has 0 aliphatic heterocycles. The summed E-state index contributed by atoms with van der Waals surface area (Å²) in [5.74, 6) is 9.63. The predicted octanol–water partition coefficient (Wildman–Crippen LogP) is 4.01. The first-order valence-electron chi connectivity index (χ1n) is 9.34. The van der Waals surface area contributed by atoms with Crippen LogP contribution < -0.4 is 15.3 Å². The lowest BCUT2D eigenvalue weighted by molar-refractivity contribution is 0.340. The number of aromatic nitrogens is 4. The highest BCUT2D eigenvalue weighted by Gasteiger charge is 2.14. The van der Waals surface area contributed by atoms with E-state index in [0.29, 0.717) is 23.3 Å². The summed E-state index contributed by atoms with van der Waals surface area (Å²) >= 11 is 1.43. The lowest BCUT2D eigenvalue weighted by Crippen LogP contribution is -2.11. The Kier molecular flexibility index (Phi) is 5.89. The number of ether oxygens (including phenoxy) is 2. The maximum absolute atomic E-state index is 6.20. The van der Waals surface area contributed by atoms with Crippen LogP contribution in [-0.2, 0) is 5.75 Å². The molecule has 0 amide bonds. The Morgan fingerprint density at radius 1 is 1.00 bits per heavy atom. The highest BCUT2D eigenvalue weighted by Crippen LogP contribution is 2.28. The number of nitrogens with zero attached hydrogens (tertiary/aromatic N) is 4. The normalized spacial score (nSPS) is 10.9. The van der Waals surface area contributed by atoms with E-state index in [4.69, 9.17) is 19.8 Å². The van der Waals surface area contributed by atoms with Gasteiger partial charge in [-0.25, -0.2) is 4.68 Å². The Balaban J connectivity index is 1.42. The highest BCUT2D eigenvalue weighted by atomic mass is 32.2. The van der Waals surface area contributed by atoms with Crippen LogP contribution in [0.5, 0.6) is 11.5 Å². The molecule has 2 aromatic heterocycles. The Hall–Kier alpha value is -3.46. The van der Waals surface area contributed by atoms with Gasteiger partial charge in [-0.1, -0.05) is 16.9 Å². The van der Waals surface area contributed by atoms with Gasteiger partial charge in [-0.05, 0) is 55.5 Å². The first-order valence-corrected chi connectivity index (χ1v) is 10.3. The van der Waals surface area contributed by atoms with Gasteiger partial charge in [0.25, 0.3) is 0 Å². The molecule has 0 atom stereocenters. The van der Waals surface area contributed by atoms with Gasteiger partial charge in [0.05, 0.1) is 19.5 Å². The molecule has 8 nitrogen and oxygen atoms in total. The van der Waals surface area contributed by atoms with E-state index in [-0.39, 0.29) is 0 Å². The Labute approximate surface area is 178 Å². The van der Waals surface area contributed by atoms with E-state index < -0.39 is 0 Å². The van der Waals surface area contributed by atoms with E-state index >= 15 is 0 Å². The number of methoxy groups -OCH3 is 1. The van der Waals surface area contributed by atoms with Crippen LogP contribution in [0.1, 0.15) is 12.7 Å². The predicted molar refractivity (Wildman–Crippen MR) is 115 cm³/mol. The van der Waals surface area contributed by atoms with Gasteiger partial charge in [-0.15, -0.1) is 10.2 Å². The average molecular weight is 423 g/mol. The molecule has 9 heteroatoms. The van der Waals surface area contributed by atoms with Crippen molar-refractivity contribution >= 4 is 11.8 Å². The van der Waals surface area contributed by atoms with Crippen molar-refractivity contribution in [2.75, 3.05) is 19.6 Å². The summed E-state index contributed by atoms with van der Waals surface area (Å²) in [6, 6.07) is 17.1. The molecule has 0 bridgehead atoms. The van der Waals surface area contributed by atoms with Crippen molar-refractivity contribution in [3.8, 4) is 34.1 Å². The first kappa shape index (κ1) is 19.8. The van der Waals surface area contributed by atoms with Crippen LogP contribution in [0, 0.1) is 0 Å². The smallest absolute Gasteiger partial charge is 0.210 e. The lowest BCUT2D eigenvalue weighted by atomic mass is 10.1.